The molecule has 1 atom stereocenters. The maximum atomic E-state index is 13.1. The van der Waals surface area contributed by atoms with E-state index in [2.05, 4.69) is 0 Å². The van der Waals surface area contributed by atoms with Crippen molar-refractivity contribution in [2.24, 2.45) is 0 Å². The van der Waals surface area contributed by atoms with Gasteiger partial charge >= 0.3 is 0 Å². The lowest BCUT2D eigenvalue weighted by Crippen LogP contribution is -2.42. The molecule has 160 valence electrons. The van der Waals surface area contributed by atoms with Gasteiger partial charge in [0.15, 0.2) is 11.5 Å². The minimum atomic E-state index is -0.993. The van der Waals surface area contributed by atoms with Crippen molar-refractivity contribution in [2.75, 3.05) is 6.54 Å². The smallest absolute Gasteiger partial charge is 0.290 e. The molecule has 1 aliphatic heterocycles. The van der Waals surface area contributed by atoms with Crippen LogP contribution in [-0.2, 0) is 15.0 Å². The normalized spacial score (nSPS) is 20.4. The highest BCUT2D eigenvalue weighted by molar-refractivity contribution is 6.08. The topological polar surface area (TPSA) is 101 Å². The summed E-state index contributed by atoms with van der Waals surface area (Å²) in [6.45, 7) is 1.54. The van der Waals surface area contributed by atoms with Crippen molar-refractivity contribution >= 4 is 17.4 Å². The second-order valence-electron chi connectivity index (χ2n) is 8.32. The van der Waals surface area contributed by atoms with E-state index in [0.29, 0.717) is 0 Å². The maximum absolute atomic E-state index is 13.1. The number of nitrogens with zero attached hydrogens (tertiary/aromatic N) is 2. The van der Waals surface area contributed by atoms with E-state index in [4.69, 9.17) is 0 Å². The van der Waals surface area contributed by atoms with Gasteiger partial charge in [0.05, 0.1) is 22.1 Å². The van der Waals surface area contributed by atoms with Crippen molar-refractivity contribution in [3.63, 3.8) is 0 Å². The number of benzene rings is 2. The number of aliphatic hydroxyl groups excluding tert-OH is 1. The van der Waals surface area contributed by atoms with Crippen molar-refractivity contribution in [2.45, 2.75) is 44.1 Å². The maximum Gasteiger partial charge on any atom is 0.290 e. The van der Waals surface area contributed by atoms with Crippen LogP contribution in [0.2, 0.25) is 0 Å². The number of ketones is 1. The van der Waals surface area contributed by atoms with E-state index in [1.807, 2.05) is 30.3 Å². The van der Waals surface area contributed by atoms with Crippen LogP contribution < -0.4 is 0 Å². The zero-order chi connectivity index (χ0) is 22.2. The molecule has 7 nitrogen and oxygen atoms in total. The number of para-hydroxylation sites is 1. The Morgan fingerprint density at radius 2 is 1.74 bits per heavy atom. The Hall–Kier alpha value is -3.48. The zero-order valence-electron chi connectivity index (χ0n) is 17.3. The van der Waals surface area contributed by atoms with Crippen LogP contribution in [0.3, 0.4) is 0 Å². The van der Waals surface area contributed by atoms with Crippen LogP contribution in [0.25, 0.3) is 0 Å². The Labute approximate surface area is 180 Å². The van der Waals surface area contributed by atoms with E-state index in [-0.39, 0.29) is 28.8 Å². The standard InChI is InChI=1S/C24H24N2O5/c1-16(27)20-21(18-11-5-6-12-19(18)26(30)31)25(23(29)22(20)28)15-24(13-7-8-14-24)17-9-3-2-4-10-17/h2-6,9-12,21,28H,7-8,13-15H2,1H3. The minimum Gasteiger partial charge on any atom is -0.503 e. The second kappa shape index (κ2) is 7.98. The van der Waals surface area contributed by atoms with Gasteiger partial charge in [0.1, 0.15) is 0 Å². The van der Waals surface area contributed by atoms with Crippen LogP contribution in [-0.4, -0.2) is 33.2 Å². The van der Waals surface area contributed by atoms with Gasteiger partial charge in [0, 0.05) is 18.0 Å². The first kappa shape index (κ1) is 20.8. The fraction of sp³-hybridized carbons (Fsp3) is 0.333. The molecule has 2 aromatic carbocycles. The molecule has 0 bridgehead atoms. The lowest BCUT2D eigenvalue weighted by Gasteiger charge is -2.37. The first-order chi connectivity index (χ1) is 14.9. The van der Waals surface area contributed by atoms with E-state index in [1.165, 1.54) is 17.9 Å². The minimum absolute atomic E-state index is 0.0829. The summed E-state index contributed by atoms with van der Waals surface area (Å²) in [6, 6.07) is 15.0. The SMILES string of the molecule is CC(=O)C1=C(O)C(=O)N(CC2(c3ccccc3)CCCC2)C1c1ccccc1[N+](=O)[O-]. The molecule has 31 heavy (non-hydrogen) atoms. The Morgan fingerprint density at radius 3 is 2.35 bits per heavy atom. The number of amides is 1. The Morgan fingerprint density at radius 1 is 1.13 bits per heavy atom. The summed E-state index contributed by atoms with van der Waals surface area (Å²) >= 11 is 0. The van der Waals surface area contributed by atoms with Gasteiger partial charge in [-0.3, -0.25) is 19.7 Å². The third kappa shape index (κ3) is 3.50. The number of hydrogen-bond donors (Lipinski definition) is 1. The molecule has 1 N–H and O–H groups in total. The third-order valence-electron chi connectivity index (χ3n) is 6.53. The fourth-order valence-electron chi connectivity index (χ4n) is 5.09. The van der Waals surface area contributed by atoms with E-state index in [0.717, 1.165) is 31.2 Å². The van der Waals surface area contributed by atoms with Crippen molar-refractivity contribution in [1.29, 1.82) is 0 Å². The summed E-state index contributed by atoms with van der Waals surface area (Å²) in [5, 5.41) is 22.3. The van der Waals surface area contributed by atoms with Gasteiger partial charge < -0.3 is 10.0 Å². The first-order valence-corrected chi connectivity index (χ1v) is 10.4. The van der Waals surface area contributed by atoms with Gasteiger partial charge in [-0.1, -0.05) is 55.3 Å². The number of nitro groups is 1. The lowest BCUT2D eigenvalue weighted by atomic mass is 9.78. The van der Waals surface area contributed by atoms with Gasteiger partial charge in [0.2, 0.25) is 0 Å². The molecule has 2 aromatic rings. The van der Waals surface area contributed by atoms with Crippen molar-refractivity contribution < 1.29 is 19.6 Å². The first-order valence-electron chi connectivity index (χ1n) is 10.4. The predicted octanol–water partition coefficient (Wildman–Crippen LogP) is 4.39. The molecule has 1 fully saturated rings. The van der Waals surface area contributed by atoms with Crippen molar-refractivity contribution in [3.05, 3.63) is 87.2 Å². The number of nitro benzene ring substituents is 1. The predicted molar refractivity (Wildman–Crippen MR) is 114 cm³/mol. The van der Waals surface area contributed by atoms with E-state index >= 15 is 0 Å². The number of rotatable bonds is 6. The summed E-state index contributed by atoms with van der Waals surface area (Å²) in [5.74, 6) is -1.75. The highest BCUT2D eigenvalue weighted by Crippen LogP contribution is 2.47. The van der Waals surface area contributed by atoms with Crippen molar-refractivity contribution in [1.82, 2.24) is 4.90 Å². The molecular weight excluding hydrogens is 396 g/mol. The number of Topliss-reactive ketones (excluding diaryl/α,β-unsaturated/α-hetero) is 1. The molecule has 0 saturated heterocycles. The van der Waals surface area contributed by atoms with Gasteiger partial charge in [-0.25, -0.2) is 0 Å². The van der Waals surface area contributed by atoms with Crippen LogP contribution in [0.1, 0.15) is 49.8 Å². The van der Waals surface area contributed by atoms with Gasteiger partial charge in [0.25, 0.3) is 11.6 Å². The van der Waals surface area contributed by atoms with Gasteiger partial charge in [-0.15, -0.1) is 0 Å². The summed E-state index contributed by atoms with van der Waals surface area (Å²) in [6.07, 6.45) is 3.74. The number of hydrogen-bond acceptors (Lipinski definition) is 5. The number of carbonyl (C=O) groups is 2. The monoisotopic (exact) mass is 420 g/mol. The fourth-order valence-corrected chi connectivity index (χ4v) is 5.09. The molecule has 1 unspecified atom stereocenters. The summed E-state index contributed by atoms with van der Waals surface area (Å²) in [7, 11) is 0. The molecule has 4 rings (SSSR count). The zero-order valence-corrected chi connectivity index (χ0v) is 17.3. The van der Waals surface area contributed by atoms with Crippen LogP contribution in [0, 0.1) is 10.1 Å². The Bertz CT molecular complexity index is 1070. The summed E-state index contributed by atoms with van der Waals surface area (Å²) in [4.78, 5) is 38.2. The van der Waals surface area contributed by atoms with Crippen LogP contribution in [0.15, 0.2) is 65.9 Å². The molecule has 2 aliphatic rings. The quantitative estimate of drug-likeness (QED) is 0.552. The molecule has 0 spiro atoms. The molecule has 0 aromatic heterocycles. The molecule has 1 aliphatic carbocycles. The number of carbonyl (C=O) groups excluding carboxylic acids is 2. The lowest BCUT2D eigenvalue weighted by molar-refractivity contribution is -0.385. The molecule has 1 saturated carbocycles. The highest BCUT2D eigenvalue weighted by atomic mass is 16.6. The van der Waals surface area contributed by atoms with E-state index in [1.54, 1.807) is 18.2 Å². The van der Waals surface area contributed by atoms with Crippen LogP contribution in [0.5, 0.6) is 0 Å². The molecule has 1 amide bonds. The Balaban J connectivity index is 1.84. The average Bonchev–Trinajstić information content (AvgIpc) is 3.34. The molecule has 1 heterocycles. The highest BCUT2D eigenvalue weighted by Gasteiger charge is 2.48. The molecular formula is C24H24N2O5. The summed E-state index contributed by atoms with van der Waals surface area (Å²) < 4.78 is 0. The van der Waals surface area contributed by atoms with Crippen molar-refractivity contribution in [3.8, 4) is 0 Å². The van der Waals surface area contributed by atoms with Crippen LogP contribution in [0.4, 0.5) is 5.69 Å². The number of aliphatic hydroxyl groups is 1. The molecule has 7 heteroatoms. The van der Waals surface area contributed by atoms with E-state index in [9.17, 15) is 24.8 Å². The second-order valence-corrected chi connectivity index (χ2v) is 8.32. The molecule has 0 radical (unpaired) electrons. The summed E-state index contributed by atoms with van der Waals surface area (Å²) in [5.41, 5.74) is 0.735. The average molecular weight is 420 g/mol. The van der Waals surface area contributed by atoms with E-state index < -0.39 is 28.4 Å². The van der Waals surface area contributed by atoms with Gasteiger partial charge in [-0.2, -0.15) is 0 Å². The third-order valence-corrected chi connectivity index (χ3v) is 6.53. The van der Waals surface area contributed by atoms with Gasteiger partial charge in [-0.05, 0) is 31.4 Å². The van der Waals surface area contributed by atoms with Crippen LogP contribution >= 0.6 is 0 Å². The Kier molecular flexibility index (Phi) is 5.35. The largest absolute Gasteiger partial charge is 0.503 e.